The monoisotopic (exact) mass is 449 g/mol. The summed E-state index contributed by atoms with van der Waals surface area (Å²) in [5.74, 6) is 1.72. The minimum Gasteiger partial charge on any atom is -0.456 e. The molecule has 2 aliphatic rings. The molecule has 33 heavy (non-hydrogen) atoms. The number of piperidine rings is 1. The molecule has 0 atom stereocenters. The summed E-state index contributed by atoms with van der Waals surface area (Å²) in [7, 11) is 0. The number of aromatic nitrogens is 3. The second kappa shape index (κ2) is 9.89. The first-order valence-electron chi connectivity index (χ1n) is 11.9. The van der Waals surface area contributed by atoms with Crippen molar-refractivity contribution in [2.75, 3.05) is 39.4 Å². The average Bonchev–Trinajstić information content (AvgIpc) is 3.52. The second-order valence-electron chi connectivity index (χ2n) is 8.80. The molecule has 3 aromatic heterocycles. The van der Waals surface area contributed by atoms with Crippen LogP contribution in [-0.4, -0.2) is 70.3 Å². The fourth-order valence-corrected chi connectivity index (χ4v) is 4.90. The summed E-state index contributed by atoms with van der Waals surface area (Å²) in [4.78, 5) is 21.6. The number of pyridine rings is 1. The van der Waals surface area contributed by atoms with Crippen LogP contribution in [0.4, 0.5) is 0 Å². The average molecular weight is 450 g/mol. The second-order valence-corrected chi connectivity index (χ2v) is 8.80. The molecule has 8 nitrogen and oxygen atoms in total. The third-order valence-electron chi connectivity index (χ3n) is 6.78. The van der Waals surface area contributed by atoms with Crippen LogP contribution in [0, 0.1) is 0 Å². The Bertz CT molecular complexity index is 1060. The van der Waals surface area contributed by atoms with Crippen molar-refractivity contribution in [3.05, 3.63) is 59.6 Å². The molecule has 3 aromatic rings. The lowest BCUT2D eigenvalue weighted by Crippen LogP contribution is -2.38. The predicted molar refractivity (Wildman–Crippen MR) is 124 cm³/mol. The number of ether oxygens (including phenoxy) is 1. The molecular weight excluding hydrogens is 418 g/mol. The Morgan fingerprint density at radius 3 is 2.64 bits per heavy atom. The lowest BCUT2D eigenvalue weighted by atomic mass is 9.89. The highest BCUT2D eigenvalue weighted by Crippen LogP contribution is 2.34. The molecule has 0 saturated carbocycles. The maximum absolute atomic E-state index is 13.2. The highest BCUT2D eigenvalue weighted by atomic mass is 16.5. The lowest BCUT2D eigenvalue weighted by molar-refractivity contribution is 0.0339. The van der Waals surface area contributed by atoms with E-state index in [2.05, 4.69) is 27.0 Å². The van der Waals surface area contributed by atoms with E-state index in [0.29, 0.717) is 24.8 Å². The third-order valence-corrected chi connectivity index (χ3v) is 6.78. The van der Waals surface area contributed by atoms with Crippen molar-refractivity contribution in [2.24, 2.45) is 0 Å². The molecular formula is C25H31N5O3. The van der Waals surface area contributed by atoms with Gasteiger partial charge in [-0.05, 0) is 36.6 Å². The quantitative estimate of drug-likeness (QED) is 0.620. The van der Waals surface area contributed by atoms with Gasteiger partial charge in [-0.25, -0.2) is 0 Å². The van der Waals surface area contributed by atoms with E-state index in [4.69, 9.17) is 9.15 Å². The Kier molecular flexibility index (Phi) is 6.55. The molecule has 8 heteroatoms. The highest BCUT2D eigenvalue weighted by Gasteiger charge is 2.29. The van der Waals surface area contributed by atoms with E-state index in [9.17, 15) is 4.79 Å². The molecule has 1 amide bonds. The zero-order valence-electron chi connectivity index (χ0n) is 19.1. The van der Waals surface area contributed by atoms with Crippen molar-refractivity contribution in [3.8, 4) is 11.1 Å². The summed E-state index contributed by atoms with van der Waals surface area (Å²) < 4.78 is 11.5. The molecule has 2 saturated heterocycles. The molecule has 0 radical (unpaired) electrons. The largest absolute Gasteiger partial charge is 0.456 e. The number of H-pyrrole nitrogens is 1. The van der Waals surface area contributed by atoms with E-state index < -0.39 is 0 Å². The van der Waals surface area contributed by atoms with Crippen molar-refractivity contribution in [1.82, 2.24) is 25.0 Å². The molecule has 1 N–H and O–H groups in total. The molecule has 0 aromatic carbocycles. The number of morpholine rings is 1. The van der Waals surface area contributed by atoms with Crippen LogP contribution in [0.3, 0.4) is 0 Å². The van der Waals surface area contributed by atoms with Crippen molar-refractivity contribution in [1.29, 1.82) is 0 Å². The normalized spacial score (nSPS) is 18.0. The Balaban J connectivity index is 1.24. The number of furan rings is 1. The van der Waals surface area contributed by atoms with Crippen LogP contribution in [-0.2, 0) is 17.7 Å². The summed E-state index contributed by atoms with van der Waals surface area (Å²) in [5.41, 5.74) is 4.50. The molecule has 5 rings (SSSR count). The number of hydrogen-bond donors (Lipinski definition) is 1. The first-order valence-corrected chi connectivity index (χ1v) is 11.9. The van der Waals surface area contributed by atoms with Gasteiger partial charge in [0.2, 0.25) is 0 Å². The number of likely N-dealkylation sites (tertiary alicyclic amines) is 1. The Hall–Kier alpha value is -2.97. The fourth-order valence-electron chi connectivity index (χ4n) is 4.90. The van der Waals surface area contributed by atoms with Crippen molar-refractivity contribution in [2.45, 2.75) is 38.6 Å². The first kappa shape index (κ1) is 21.9. The summed E-state index contributed by atoms with van der Waals surface area (Å²) in [5, 5.41) is 7.49. The van der Waals surface area contributed by atoms with E-state index in [0.717, 1.165) is 80.3 Å². The smallest absolute Gasteiger partial charge is 0.289 e. The van der Waals surface area contributed by atoms with Gasteiger partial charge in [0.15, 0.2) is 5.76 Å². The van der Waals surface area contributed by atoms with E-state index >= 15 is 0 Å². The first-order chi connectivity index (χ1) is 16.2. The molecule has 2 fully saturated rings. The maximum atomic E-state index is 13.2. The van der Waals surface area contributed by atoms with Crippen LogP contribution in [0.2, 0.25) is 0 Å². The van der Waals surface area contributed by atoms with Gasteiger partial charge < -0.3 is 14.1 Å². The fraction of sp³-hybridized carbons (Fsp3) is 0.480. The maximum Gasteiger partial charge on any atom is 0.289 e. The summed E-state index contributed by atoms with van der Waals surface area (Å²) in [6.07, 6.45) is 8.06. The van der Waals surface area contributed by atoms with Gasteiger partial charge in [0.25, 0.3) is 5.91 Å². The number of aryl methyl sites for hydroxylation is 1. The molecule has 0 aliphatic carbocycles. The van der Waals surface area contributed by atoms with Crippen LogP contribution in [0.5, 0.6) is 0 Å². The van der Waals surface area contributed by atoms with Gasteiger partial charge >= 0.3 is 0 Å². The number of nitrogens with zero attached hydrogens (tertiary/aromatic N) is 4. The lowest BCUT2D eigenvalue weighted by Gasteiger charge is -2.31. The van der Waals surface area contributed by atoms with Gasteiger partial charge in [0.05, 0.1) is 19.4 Å². The van der Waals surface area contributed by atoms with Crippen LogP contribution in [0.1, 0.15) is 53.3 Å². The van der Waals surface area contributed by atoms with Gasteiger partial charge in [-0.3, -0.25) is 19.8 Å². The molecule has 0 spiro atoms. The van der Waals surface area contributed by atoms with Gasteiger partial charge in [-0.1, -0.05) is 6.92 Å². The number of aromatic amines is 1. The molecule has 0 unspecified atom stereocenters. The van der Waals surface area contributed by atoms with Crippen LogP contribution in [0.15, 0.2) is 41.2 Å². The number of hydrogen-bond acceptors (Lipinski definition) is 6. The van der Waals surface area contributed by atoms with Crippen molar-refractivity contribution in [3.63, 3.8) is 0 Å². The topological polar surface area (TPSA) is 87.5 Å². The molecule has 5 heterocycles. The SMILES string of the molecule is CCc1oc(C(=O)N2CCC(c3[nH]ncc3-c3ccncc3)CC2)cc1CN1CCOCC1. The summed E-state index contributed by atoms with van der Waals surface area (Å²) >= 11 is 0. The standard InChI is InChI=1S/C25H31N5O3/c1-2-22-20(17-29-11-13-32-14-12-29)15-23(33-22)25(31)30-9-5-19(6-10-30)24-21(16-27-28-24)18-3-7-26-8-4-18/h3-4,7-8,15-16,19H,2,5-6,9-14,17H2,1H3,(H,27,28). The van der Waals surface area contributed by atoms with Crippen LogP contribution in [0.25, 0.3) is 11.1 Å². The number of carbonyl (C=O) groups excluding carboxylic acids is 1. The van der Waals surface area contributed by atoms with Gasteiger partial charge in [-0.15, -0.1) is 0 Å². The van der Waals surface area contributed by atoms with E-state index in [-0.39, 0.29) is 5.91 Å². The van der Waals surface area contributed by atoms with Crippen LogP contribution >= 0.6 is 0 Å². The Morgan fingerprint density at radius 2 is 1.91 bits per heavy atom. The number of rotatable bonds is 6. The summed E-state index contributed by atoms with van der Waals surface area (Å²) in [6.45, 7) is 7.66. The predicted octanol–water partition coefficient (Wildman–Crippen LogP) is 3.48. The van der Waals surface area contributed by atoms with Gasteiger partial charge in [0.1, 0.15) is 5.76 Å². The van der Waals surface area contributed by atoms with Crippen LogP contribution < -0.4 is 0 Å². The minimum atomic E-state index is -0.00431. The molecule has 174 valence electrons. The van der Waals surface area contributed by atoms with E-state index in [1.165, 1.54) is 0 Å². The third kappa shape index (κ3) is 4.72. The number of nitrogens with one attached hydrogen (secondary N) is 1. The van der Waals surface area contributed by atoms with Crippen molar-refractivity contribution < 1.29 is 13.9 Å². The zero-order chi connectivity index (χ0) is 22.6. The Labute approximate surface area is 193 Å². The number of amides is 1. The molecule has 0 bridgehead atoms. The van der Waals surface area contributed by atoms with E-state index in [1.54, 1.807) is 12.4 Å². The van der Waals surface area contributed by atoms with E-state index in [1.807, 2.05) is 29.3 Å². The minimum absolute atomic E-state index is 0.00431. The van der Waals surface area contributed by atoms with Crippen molar-refractivity contribution >= 4 is 5.91 Å². The molecule has 2 aliphatic heterocycles. The van der Waals surface area contributed by atoms with Gasteiger partial charge in [-0.2, -0.15) is 5.10 Å². The van der Waals surface area contributed by atoms with Gasteiger partial charge in [0, 0.05) is 74.3 Å². The zero-order valence-corrected chi connectivity index (χ0v) is 19.1. The summed E-state index contributed by atoms with van der Waals surface area (Å²) in [6, 6.07) is 5.96. The Morgan fingerprint density at radius 1 is 1.15 bits per heavy atom. The number of carbonyl (C=O) groups is 1. The highest BCUT2D eigenvalue weighted by molar-refractivity contribution is 5.92.